The Morgan fingerprint density at radius 2 is 2.04 bits per heavy atom. The van der Waals surface area contributed by atoms with E-state index in [1.54, 1.807) is 12.1 Å². The molecule has 0 atom stereocenters. The van der Waals surface area contributed by atoms with Gasteiger partial charge in [-0.15, -0.1) is 23.5 Å². The van der Waals surface area contributed by atoms with E-state index < -0.39 is 11.6 Å². The molecule has 4 nitrogen and oxygen atoms in total. The van der Waals surface area contributed by atoms with Crippen LogP contribution in [-0.2, 0) is 9.59 Å². The van der Waals surface area contributed by atoms with E-state index >= 15 is 0 Å². The van der Waals surface area contributed by atoms with Crippen molar-refractivity contribution in [1.82, 2.24) is 0 Å². The summed E-state index contributed by atoms with van der Waals surface area (Å²) >= 11 is 2.55. The normalized spacial score (nSPS) is 13.2. The molecule has 2 amide bonds. The molecule has 0 saturated heterocycles. The molecular weight excluding hydrogens is 354 g/mol. The van der Waals surface area contributed by atoms with Crippen LogP contribution in [0.1, 0.15) is 0 Å². The number of nitrogens with one attached hydrogen (secondary N) is 2. The fraction of sp³-hybridized carbons (Fsp3) is 0.125. The van der Waals surface area contributed by atoms with Crippen molar-refractivity contribution in [2.45, 2.75) is 9.79 Å². The number of halogens is 2. The summed E-state index contributed by atoms with van der Waals surface area (Å²) in [6.45, 7) is 0. The maximum atomic E-state index is 13.1. The molecule has 1 aliphatic heterocycles. The van der Waals surface area contributed by atoms with E-state index in [9.17, 15) is 18.4 Å². The highest BCUT2D eigenvalue weighted by Crippen LogP contribution is 2.33. The molecular formula is C16H12F2N2O2S2. The number of carbonyl (C=O) groups excluding carboxylic acids is 2. The van der Waals surface area contributed by atoms with Gasteiger partial charge in [0.25, 0.3) is 0 Å². The molecule has 0 saturated carbocycles. The standard InChI is InChI=1S/C16H12F2N2O2S2/c17-11-3-2-10(6-12(11)18)23-7-15(21)19-9-1-4-14-13(5-9)20-16(22)8-24-14/h1-6H,7-8H2,(H,19,21)(H,20,22). The van der Waals surface area contributed by atoms with Crippen molar-refractivity contribution in [3.8, 4) is 0 Å². The smallest absolute Gasteiger partial charge is 0.234 e. The van der Waals surface area contributed by atoms with E-state index in [-0.39, 0.29) is 17.6 Å². The molecule has 2 N–H and O–H groups in total. The van der Waals surface area contributed by atoms with Crippen molar-refractivity contribution in [2.24, 2.45) is 0 Å². The average molecular weight is 366 g/mol. The predicted molar refractivity (Wildman–Crippen MR) is 91.5 cm³/mol. The lowest BCUT2D eigenvalue weighted by molar-refractivity contribution is -0.114. The molecule has 1 aliphatic rings. The summed E-state index contributed by atoms with van der Waals surface area (Å²) in [6, 6.07) is 8.78. The minimum absolute atomic E-state index is 0.0588. The fourth-order valence-corrected chi connectivity index (χ4v) is 3.58. The Hall–Kier alpha value is -2.06. The van der Waals surface area contributed by atoms with E-state index in [0.717, 1.165) is 28.8 Å². The maximum absolute atomic E-state index is 13.1. The van der Waals surface area contributed by atoms with Crippen LogP contribution >= 0.6 is 23.5 Å². The van der Waals surface area contributed by atoms with Crippen LogP contribution in [0.15, 0.2) is 46.2 Å². The van der Waals surface area contributed by atoms with E-state index in [4.69, 9.17) is 0 Å². The van der Waals surface area contributed by atoms with Crippen LogP contribution < -0.4 is 10.6 Å². The zero-order valence-corrected chi connectivity index (χ0v) is 13.9. The highest BCUT2D eigenvalue weighted by Gasteiger charge is 2.16. The minimum Gasteiger partial charge on any atom is -0.325 e. The van der Waals surface area contributed by atoms with Crippen molar-refractivity contribution < 1.29 is 18.4 Å². The Morgan fingerprint density at radius 1 is 1.21 bits per heavy atom. The van der Waals surface area contributed by atoms with Gasteiger partial charge in [0.15, 0.2) is 11.6 Å². The summed E-state index contributed by atoms with van der Waals surface area (Å²) in [4.78, 5) is 24.8. The van der Waals surface area contributed by atoms with Crippen LogP contribution in [-0.4, -0.2) is 23.3 Å². The van der Waals surface area contributed by atoms with Gasteiger partial charge in [-0.2, -0.15) is 0 Å². The molecule has 24 heavy (non-hydrogen) atoms. The van der Waals surface area contributed by atoms with E-state index in [2.05, 4.69) is 10.6 Å². The minimum atomic E-state index is -0.941. The summed E-state index contributed by atoms with van der Waals surface area (Å²) in [5, 5.41) is 5.46. The molecule has 0 aromatic heterocycles. The van der Waals surface area contributed by atoms with Gasteiger partial charge in [0.2, 0.25) is 11.8 Å². The van der Waals surface area contributed by atoms with E-state index in [0.29, 0.717) is 22.0 Å². The Labute approximate surface area is 145 Å². The number of amides is 2. The van der Waals surface area contributed by atoms with Gasteiger partial charge in [-0.1, -0.05) is 0 Å². The molecule has 124 valence electrons. The zero-order valence-electron chi connectivity index (χ0n) is 12.3. The number of anilines is 2. The Bertz CT molecular complexity index is 815. The molecule has 0 spiro atoms. The van der Waals surface area contributed by atoms with Gasteiger partial charge < -0.3 is 10.6 Å². The number of fused-ring (bicyclic) bond motifs is 1. The molecule has 0 bridgehead atoms. The van der Waals surface area contributed by atoms with Gasteiger partial charge in [0.1, 0.15) is 0 Å². The molecule has 8 heteroatoms. The highest BCUT2D eigenvalue weighted by atomic mass is 32.2. The van der Waals surface area contributed by atoms with Crippen molar-refractivity contribution in [2.75, 3.05) is 22.1 Å². The lowest BCUT2D eigenvalue weighted by Crippen LogP contribution is -2.19. The molecule has 0 fully saturated rings. The van der Waals surface area contributed by atoms with Crippen LogP contribution in [0.25, 0.3) is 0 Å². The third-order valence-corrected chi connectivity index (χ3v) is 5.22. The van der Waals surface area contributed by atoms with E-state index in [1.165, 1.54) is 17.8 Å². The summed E-state index contributed by atoms with van der Waals surface area (Å²) in [7, 11) is 0. The molecule has 0 aliphatic carbocycles. The van der Waals surface area contributed by atoms with E-state index in [1.807, 2.05) is 6.07 Å². The molecule has 0 unspecified atom stereocenters. The second-order valence-corrected chi connectivity index (χ2v) is 7.03. The van der Waals surface area contributed by atoms with Crippen molar-refractivity contribution in [3.63, 3.8) is 0 Å². The van der Waals surface area contributed by atoms with Gasteiger partial charge in [-0.3, -0.25) is 9.59 Å². The van der Waals surface area contributed by atoms with Crippen LogP contribution in [0.5, 0.6) is 0 Å². The van der Waals surface area contributed by atoms with Crippen LogP contribution in [0.2, 0.25) is 0 Å². The van der Waals surface area contributed by atoms with Gasteiger partial charge in [0.05, 0.1) is 17.2 Å². The second-order valence-electron chi connectivity index (χ2n) is 4.96. The molecule has 2 aromatic carbocycles. The molecule has 2 aromatic rings. The topological polar surface area (TPSA) is 58.2 Å². The van der Waals surface area contributed by atoms with Gasteiger partial charge in [0, 0.05) is 15.5 Å². The summed E-state index contributed by atoms with van der Waals surface area (Å²) < 4.78 is 26.0. The van der Waals surface area contributed by atoms with Crippen molar-refractivity contribution in [3.05, 3.63) is 48.0 Å². The Balaban J connectivity index is 1.59. The van der Waals surface area contributed by atoms with Crippen LogP contribution in [0.3, 0.4) is 0 Å². The summed E-state index contributed by atoms with van der Waals surface area (Å²) in [5.41, 5.74) is 1.23. The zero-order chi connectivity index (χ0) is 17.1. The number of benzene rings is 2. The molecule has 0 radical (unpaired) electrons. The van der Waals surface area contributed by atoms with Crippen molar-refractivity contribution in [1.29, 1.82) is 0 Å². The SMILES string of the molecule is O=C(CSc1ccc(F)c(F)c1)Nc1ccc2c(c1)NC(=O)CS2. The van der Waals surface area contributed by atoms with Crippen LogP contribution in [0, 0.1) is 11.6 Å². The summed E-state index contributed by atoms with van der Waals surface area (Å²) in [6.07, 6.45) is 0. The highest BCUT2D eigenvalue weighted by molar-refractivity contribution is 8.00. The first-order chi connectivity index (χ1) is 11.5. The number of hydrogen-bond acceptors (Lipinski definition) is 4. The Kier molecular flexibility index (Phi) is 5.06. The number of carbonyl (C=O) groups is 2. The van der Waals surface area contributed by atoms with Gasteiger partial charge >= 0.3 is 0 Å². The monoisotopic (exact) mass is 366 g/mol. The predicted octanol–water partition coefficient (Wildman–Crippen LogP) is 3.74. The largest absolute Gasteiger partial charge is 0.325 e. The third kappa shape index (κ3) is 4.07. The number of rotatable bonds is 4. The number of thioether (sulfide) groups is 2. The third-order valence-electron chi connectivity index (χ3n) is 3.16. The maximum Gasteiger partial charge on any atom is 0.234 e. The first kappa shape index (κ1) is 16.8. The average Bonchev–Trinajstić information content (AvgIpc) is 2.55. The second kappa shape index (κ2) is 7.23. The molecule has 1 heterocycles. The molecule has 3 rings (SSSR count). The van der Waals surface area contributed by atoms with Gasteiger partial charge in [-0.25, -0.2) is 8.78 Å². The lowest BCUT2D eigenvalue weighted by atomic mass is 10.2. The first-order valence-electron chi connectivity index (χ1n) is 6.95. The first-order valence-corrected chi connectivity index (χ1v) is 8.93. The fourth-order valence-electron chi connectivity index (χ4n) is 2.07. The Morgan fingerprint density at radius 3 is 2.83 bits per heavy atom. The quantitative estimate of drug-likeness (QED) is 0.810. The number of hydrogen-bond donors (Lipinski definition) is 2. The van der Waals surface area contributed by atoms with Crippen molar-refractivity contribution >= 4 is 46.7 Å². The summed E-state index contributed by atoms with van der Waals surface area (Å²) in [5.74, 6) is -1.78. The lowest BCUT2D eigenvalue weighted by Gasteiger charge is -2.17. The van der Waals surface area contributed by atoms with Gasteiger partial charge in [-0.05, 0) is 36.4 Å². The van der Waals surface area contributed by atoms with Crippen LogP contribution in [0.4, 0.5) is 20.2 Å².